The van der Waals surface area contributed by atoms with Gasteiger partial charge in [-0.15, -0.1) is 0 Å². The van der Waals surface area contributed by atoms with Crippen LogP contribution in [0.25, 0.3) is 0 Å². The monoisotopic (exact) mass is 431 g/mol. The molecule has 2 N–H and O–H groups in total. The molecule has 1 aliphatic rings. The van der Waals surface area contributed by atoms with Crippen molar-refractivity contribution in [2.75, 3.05) is 24.4 Å². The van der Waals surface area contributed by atoms with Crippen molar-refractivity contribution in [1.29, 1.82) is 0 Å². The maximum absolute atomic E-state index is 12.1. The zero-order valence-corrected chi connectivity index (χ0v) is 18.2. The van der Waals surface area contributed by atoms with Crippen molar-refractivity contribution < 1.29 is 23.7 Å². The first-order chi connectivity index (χ1) is 14.3. The van der Waals surface area contributed by atoms with Crippen LogP contribution in [0.3, 0.4) is 0 Å². The summed E-state index contributed by atoms with van der Waals surface area (Å²) in [5, 5.41) is 8.50. The van der Waals surface area contributed by atoms with E-state index in [0.29, 0.717) is 5.69 Å². The first-order valence-corrected chi connectivity index (χ1v) is 10.5. The molecule has 1 aromatic carbocycles. The van der Waals surface area contributed by atoms with E-state index in [1.807, 2.05) is 11.8 Å². The van der Waals surface area contributed by atoms with Crippen LogP contribution >= 0.6 is 11.8 Å². The number of carbonyl (C=O) groups is 4. The summed E-state index contributed by atoms with van der Waals surface area (Å²) in [7, 11) is 1.60. The molecule has 1 aliphatic carbocycles. The lowest BCUT2D eigenvalue weighted by Gasteiger charge is -2.04. The van der Waals surface area contributed by atoms with Gasteiger partial charge in [0.15, 0.2) is 11.5 Å². The first-order valence-electron chi connectivity index (χ1n) is 9.15. The van der Waals surface area contributed by atoms with Crippen LogP contribution in [0.1, 0.15) is 51.7 Å². The van der Waals surface area contributed by atoms with E-state index in [1.165, 1.54) is 19.1 Å². The third kappa shape index (κ3) is 7.67. The molecule has 0 fully saturated rings. The standard InChI is InChI=1S/C14H8N2O4.C4H10S.C3H7NO/c17-9-6-7-10(18)13-11(9)12(16-20-13)14(19)15-8-4-2-1-3-5-8;1-3-4-5-2;1-3(5)4-2/h1-7H,(H,15,19);3-4H2,1-2H3;1-2H3,(H,4,5). The molecule has 0 unspecified atom stereocenters. The molecule has 3 rings (SSSR count). The Kier molecular flexibility index (Phi) is 10.8. The molecule has 0 radical (unpaired) electrons. The molecule has 9 heteroatoms. The van der Waals surface area contributed by atoms with Gasteiger partial charge in [-0.25, -0.2) is 0 Å². The molecule has 30 heavy (non-hydrogen) atoms. The number of thioether (sulfide) groups is 1. The highest BCUT2D eigenvalue weighted by atomic mass is 32.2. The van der Waals surface area contributed by atoms with Gasteiger partial charge in [-0.2, -0.15) is 11.8 Å². The van der Waals surface area contributed by atoms with E-state index in [-0.39, 0.29) is 22.9 Å². The summed E-state index contributed by atoms with van der Waals surface area (Å²) in [5.74, 6) is -0.441. The van der Waals surface area contributed by atoms with Gasteiger partial charge in [0.25, 0.3) is 5.91 Å². The Hall–Kier alpha value is -3.20. The number of anilines is 1. The molecule has 1 aromatic heterocycles. The number of ketones is 2. The highest BCUT2D eigenvalue weighted by Crippen LogP contribution is 2.21. The van der Waals surface area contributed by atoms with Crippen LogP contribution in [0.2, 0.25) is 0 Å². The number of aromatic nitrogens is 1. The lowest BCUT2D eigenvalue weighted by molar-refractivity contribution is -0.118. The van der Waals surface area contributed by atoms with E-state index in [0.717, 1.165) is 12.2 Å². The Morgan fingerprint density at radius 2 is 1.70 bits per heavy atom. The van der Waals surface area contributed by atoms with Crippen molar-refractivity contribution in [1.82, 2.24) is 10.5 Å². The topological polar surface area (TPSA) is 118 Å². The number of nitrogens with one attached hydrogen (secondary N) is 2. The molecule has 0 spiro atoms. The second kappa shape index (κ2) is 13.1. The molecule has 0 saturated carbocycles. The number of hydrogen-bond acceptors (Lipinski definition) is 7. The number of para-hydroxylation sites is 1. The molecular formula is C21H25N3O5S. The van der Waals surface area contributed by atoms with Crippen molar-refractivity contribution in [2.45, 2.75) is 20.3 Å². The lowest BCUT2D eigenvalue weighted by Crippen LogP contribution is -2.18. The fraction of sp³-hybridized carbons (Fsp3) is 0.286. The van der Waals surface area contributed by atoms with E-state index in [2.05, 4.69) is 29.0 Å². The molecular weight excluding hydrogens is 406 g/mol. The molecule has 0 aliphatic heterocycles. The molecule has 0 atom stereocenters. The van der Waals surface area contributed by atoms with Crippen LogP contribution in [-0.2, 0) is 4.79 Å². The molecule has 160 valence electrons. The van der Waals surface area contributed by atoms with Crippen LogP contribution in [0.15, 0.2) is 47.0 Å². The average Bonchev–Trinajstić information content (AvgIpc) is 3.20. The lowest BCUT2D eigenvalue weighted by atomic mass is 10.00. The second-order valence-corrected chi connectivity index (χ2v) is 6.90. The maximum Gasteiger partial charge on any atom is 0.278 e. The Morgan fingerprint density at radius 3 is 2.20 bits per heavy atom. The van der Waals surface area contributed by atoms with Crippen LogP contribution in [0, 0.1) is 0 Å². The van der Waals surface area contributed by atoms with E-state index in [1.54, 1.807) is 37.4 Å². The predicted octanol–water partition coefficient (Wildman–Crippen LogP) is 3.37. The number of amides is 2. The zero-order valence-electron chi connectivity index (χ0n) is 17.4. The normalized spacial score (nSPS) is 11.3. The summed E-state index contributed by atoms with van der Waals surface area (Å²) < 4.78 is 4.80. The third-order valence-corrected chi connectivity index (χ3v) is 4.37. The highest BCUT2D eigenvalue weighted by molar-refractivity contribution is 7.98. The van der Waals surface area contributed by atoms with E-state index < -0.39 is 17.5 Å². The Bertz CT molecular complexity index is 905. The smallest absolute Gasteiger partial charge is 0.278 e. The van der Waals surface area contributed by atoms with Crippen LogP contribution < -0.4 is 10.6 Å². The van der Waals surface area contributed by atoms with Crippen molar-refractivity contribution >= 4 is 40.8 Å². The van der Waals surface area contributed by atoms with E-state index >= 15 is 0 Å². The first kappa shape index (κ1) is 24.8. The zero-order chi connectivity index (χ0) is 22.5. The van der Waals surface area contributed by atoms with Gasteiger partial charge in [0, 0.05) is 19.7 Å². The Labute approximate surface area is 179 Å². The number of benzene rings is 1. The van der Waals surface area contributed by atoms with Crippen molar-refractivity contribution in [3.63, 3.8) is 0 Å². The number of fused-ring (bicyclic) bond motifs is 1. The van der Waals surface area contributed by atoms with Gasteiger partial charge < -0.3 is 15.2 Å². The van der Waals surface area contributed by atoms with Gasteiger partial charge in [-0.3, -0.25) is 19.2 Å². The summed E-state index contributed by atoms with van der Waals surface area (Å²) in [6, 6.07) is 8.70. The maximum atomic E-state index is 12.1. The van der Waals surface area contributed by atoms with Crippen molar-refractivity contribution in [3.8, 4) is 0 Å². The number of rotatable bonds is 4. The fourth-order valence-electron chi connectivity index (χ4n) is 2.07. The largest absolute Gasteiger partial charge is 0.359 e. The van der Waals surface area contributed by atoms with Crippen LogP contribution in [0.5, 0.6) is 0 Å². The molecule has 0 saturated heterocycles. The molecule has 2 aromatic rings. The summed E-state index contributed by atoms with van der Waals surface area (Å²) in [6.45, 7) is 3.66. The predicted molar refractivity (Wildman–Crippen MR) is 117 cm³/mol. The molecule has 1 heterocycles. The van der Waals surface area contributed by atoms with Gasteiger partial charge in [0.1, 0.15) is 5.56 Å². The van der Waals surface area contributed by atoms with E-state index in [9.17, 15) is 19.2 Å². The number of hydrogen-bond donors (Lipinski definition) is 2. The van der Waals surface area contributed by atoms with Gasteiger partial charge in [-0.05, 0) is 42.7 Å². The molecule has 0 bridgehead atoms. The Morgan fingerprint density at radius 1 is 1.10 bits per heavy atom. The summed E-state index contributed by atoms with van der Waals surface area (Å²) in [5.41, 5.74) is 0.275. The van der Waals surface area contributed by atoms with Gasteiger partial charge in [0.2, 0.25) is 17.5 Å². The fourth-order valence-corrected chi connectivity index (χ4v) is 2.48. The minimum atomic E-state index is -0.599. The van der Waals surface area contributed by atoms with Gasteiger partial charge >= 0.3 is 0 Å². The van der Waals surface area contributed by atoms with Gasteiger partial charge in [-0.1, -0.05) is 30.3 Å². The van der Waals surface area contributed by atoms with E-state index in [4.69, 9.17) is 4.52 Å². The third-order valence-electron chi connectivity index (χ3n) is 3.56. The highest BCUT2D eigenvalue weighted by Gasteiger charge is 2.31. The SMILES string of the molecule is CCCSC.CNC(C)=O.O=C(Nc1ccccc1)c1noc2c1C(=O)C=CC2=O. The van der Waals surface area contributed by atoms with Crippen molar-refractivity contribution in [2.24, 2.45) is 0 Å². The number of carbonyl (C=O) groups excluding carboxylic acids is 4. The summed E-state index contributed by atoms with van der Waals surface area (Å²) >= 11 is 1.90. The summed E-state index contributed by atoms with van der Waals surface area (Å²) in [6.07, 6.45) is 5.63. The summed E-state index contributed by atoms with van der Waals surface area (Å²) in [4.78, 5) is 45.1. The quantitative estimate of drug-likeness (QED) is 0.762. The Balaban J connectivity index is 0.000000378. The molecule has 2 amide bonds. The molecule has 8 nitrogen and oxygen atoms in total. The van der Waals surface area contributed by atoms with Crippen molar-refractivity contribution in [3.05, 3.63) is 59.5 Å². The minimum Gasteiger partial charge on any atom is -0.359 e. The van der Waals surface area contributed by atoms with Gasteiger partial charge in [0.05, 0.1) is 0 Å². The van der Waals surface area contributed by atoms with Crippen LogP contribution in [-0.4, -0.2) is 47.6 Å². The average molecular weight is 432 g/mol. The second-order valence-electron chi connectivity index (χ2n) is 5.92. The number of nitrogens with zero attached hydrogens (tertiary/aromatic N) is 1. The minimum absolute atomic E-state index is 0.00463. The van der Waals surface area contributed by atoms with Crippen LogP contribution in [0.4, 0.5) is 5.69 Å². The number of allylic oxidation sites excluding steroid dienone is 2.